The van der Waals surface area contributed by atoms with E-state index in [1.165, 1.54) is 0 Å². The molecule has 26 heavy (non-hydrogen) atoms. The van der Waals surface area contributed by atoms with E-state index >= 15 is 0 Å². The molecule has 0 bridgehead atoms. The Morgan fingerprint density at radius 2 is 1.92 bits per heavy atom. The molecule has 1 heterocycles. The van der Waals surface area contributed by atoms with E-state index in [1.807, 2.05) is 42.5 Å². The molecule has 3 rings (SSSR count). The van der Waals surface area contributed by atoms with Crippen molar-refractivity contribution in [2.24, 2.45) is 0 Å². The van der Waals surface area contributed by atoms with Crippen molar-refractivity contribution < 1.29 is 19.3 Å². The van der Waals surface area contributed by atoms with Crippen molar-refractivity contribution in [1.82, 2.24) is 5.32 Å². The van der Waals surface area contributed by atoms with Crippen LogP contribution in [-0.2, 0) is 11.3 Å². The van der Waals surface area contributed by atoms with Gasteiger partial charge in [-0.2, -0.15) is 0 Å². The smallest absolute Gasteiger partial charge is 0.231 e. The Morgan fingerprint density at radius 1 is 1.15 bits per heavy atom. The zero-order valence-corrected chi connectivity index (χ0v) is 15.5. The van der Waals surface area contributed by atoms with Gasteiger partial charge in [-0.15, -0.1) is 0 Å². The van der Waals surface area contributed by atoms with E-state index in [4.69, 9.17) is 25.8 Å². The summed E-state index contributed by atoms with van der Waals surface area (Å²) in [5.41, 5.74) is 2.15. The average molecular weight is 378 g/mol. The van der Waals surface area contributed by atoms with Crippen LogP contribution >= 0.6 is 11.6 Å². The van der Waals surface area contributed by atoms with Crippen molar-refractivity contribution in [3.8, 4) is 11.5 Å². The highest BCUT2D eigenvalue weighted by Gasteiger charge is 2.14. The van der Waals surface area contributed by atoms with Crippen LogP contribution < -0.4 is 14.8 Å². The highest BCUT2D eigenvalue weighted by atomic mass is 35.5. The summed E-state index contributed by atoms with van der Waals surface area (Å²) in [6.45, 7) is 3.51. The molecule has 2 atom stereocenters. The maximum atomic E-state index is 10.2. The Balaban J connectivity index is 1.40. The first-order valence-corrected chi connectivity index (χ1v) is 9.16. The van der Waals surface area contributed by atoms with Gasteiger partial charge in [0, 0.05) is 17.6 Å². The molecule has 2 N–H and O–H groups in total. The summed E-state index contributed by atoms with van der Waals surface area (Å²) in [5, 5.41) is 14.3. The summed E-state index contributed by atoms with van der Waals surface area (Å²) in [5.74, 6) is 1.49. The standard InChI is InChI=1S/C20H24ClNO4/c1-2-18(15-4-6-16(21)7-5-15)22-10-17(23)12-24-11-14-3-8-19-20(9-14)26-13-25-19/h3-9,17-18,22-23H,2,10-13H2,1H3. The second-order valence-corrected chi connectivity index (χ2v) is 6.71. The van der Waals surface area contributed by atoms with Gasteiger partial charge in [-0.25, -0.2) is 0 Å². The number of benzene rings is 2. The zero-order valence-electron chi connectivity index (χ0n) is 14.8. The van der Waals surface area contributed by atoms with E-state index in [9.17, 15) is 5.11 Å². The van der Waals surface area contributed by atoms with Crippen LogP contribution in [0.2, 0.25) is 5.02 Å². The first-order valence-electron chi connectivity index (χ1n) is 8.79. The largest absolute Gasteiger partial charge is 0.454 e. The number of fused-ring (bicyclic) bond motifs is 1. The molecule has 0 fully saturated rings. The van der Waals surface area contributed by atoms with E-state index < -0.39 is 6.10 Å². The third-order valence-corrected chi connectivity index (χ3v) is 4.55. The van der Waals surface area contributed by atoms with E-state index in [-0.39, 0.29) is 19.4 Å². The summed E-state index contributed by atoms with van der Waals surface area (Å²) in [6.07, 6.45) is 0.345. The summed E-state index contributed by atoms with van der Waals surface area (Å²) in [7, 11) is 0. The van der Waals surface area contributed by atoms with Crippen molar-refractivity contribution in [3.63, 3.8) is 0 Å². The molecule has 0 radical (unpaired) electrons. The molecule has 0 amide bonds. The zero-order chi connectivity index (χ0) is 18.4. The Kier molecular flexibility index (Phi) is 6.74. The van der Waals surface area contributed by atoms with Crippen LogP contribution in [0.1, 0.15) is 30.5 Å². The quantitative estimate of drug-likeness (QED) is 0.698. The van der Waals surface area contributed by atoms with Gasteiger partial charge in [-0.3, -0.25) is 0 Å². The molecule has 140 valence electrons. The fourth-order valence-electron chi connectivity index (χ4n) is 2.87. The maximum absolute atomic E-state index is 10.2. The highest BCUT2D eigenvalue weighted by molar-refractivity contribution is 6.30. The molecule has 2 aromatic carbocycles. The van der Waals surface area contributed by atoms with Crippen molar-refractivity contribution in [2.75, 3.05) is 19.9 Å². The number of hydrogen-bond donors (Lipinski definition) is 2. The predicted molar refractivity (Wildman–Crippen MR) is 101 cm³/mol. The molecule has 2 unspecified atom stereocenters. The van der Waals surface area contributed by atoms with Crippen molar-refractivity contribution >= 4 is 11.6 Å². The molecule has 0 aromatic heterocycles. The molecule has 6 heteroatoms. The third kappa shape index (κ3) is 5.11. The van der Waals surface area contributed by atoms with Gasteiger partial charge in [0.1, 0.15) is 0 Å². The van der Waals surface area contributed by atoms with Gasteiger partial charge < -0.3 is 24.6 Å². The summed E-state index contributed by atoms with van der Waals surface area (Å²) in [6, 6.07) is 13.7. The summed E-state index contributed by atoms with van der Waals surface area (Å²) >= 11 is 5.93. The topological polar surface area (TPSA) is 60.0 Å². The summed E-state index contributed by atoms with van der Waals surface area (Å²) < 4.78 is 16.3. The first-order chi connectivity index (χ1) is 12.7. The summed E-state index contributed by atoms with van der Waals surface area (Å²) in [4.78, 5) is 0. The Labute approximate surface area is 158 Å². The number of nitrogens with one attached hydrogen (secondary N) is 1. The lowest BCUT2D eigenvalue weighted by molar-refractivity contribution is 0.0275. The molecular formula is C20H24ClNO4. The van der Waals surface area contributed by atoms with Gasteiger partial charge >= 0.3 is 0 Å². The van der Waals surface area contributed by atoms with E-state index in [0.29, 0.717) is 13.2 Å². The van der Waals surface area contributed by atoms with Gasteiger partial charge in [-0.05, 0) is 41.8 Å². The van der Waals surface area contributed by atoms with Crippen LogP contribution in [0, 0.1) is 0 Å². The van der Waals surface area contributed by atoms with Gasteiger partial charge in [0.05, 0.1) is 19.3 Å². The predicted octanol–water partition coefficient (Wildman–Crippen LogP) is 3.69. The maximum Gasteiger partial charge on any atom is 0.231 e. The Morgan fingerprint density at radius 3 is 2.69 bits per heavy atom. The fraction of sp³-hybridized carbons (Fsp3) is 0.400. The first kappa shape index (κ1) is 19.0. The van der Waals surface area contributed by atoms with Crippen LogP contribution in [0.15, 0.2) is 42.5 Å². The fourth-order valence-corrected chi connectivity index (χ4v) is 3.00. The SMILES string of the molecule is CCC(NCC(O)COCc1ccc2c(c1)OCO2)c1ccc(Cl)cc1. The molecule has 2 aromatic rings. The minimum absolute atomic E-state index is 0.177. The van der Waals surface area contributed by atoms with Crippen LogP contribution in [-0.4, -0.2) is 31.2 Å². The average Bonchev–Trinajstić information content (AvgIpc) is 3.11. The molecule has 1 aliphatic heterocycles. The van der Waals surface area contributed by atoms with Crippen molar-refractivity contribution in [1.29, 1.82) is 0 Å². The number of halogens is 1. The van der Waals surface area contributed by atoms with Crippen LogP contribution in [0.4, 0.5) is 0 Å². The van der Waals surface area contributed by atoms with Crippen LogP contribution in [0.5, 0.6) is 11.5 Å². The van der Waals surface area contributed by atoms with Gasteiger partial charge in [0.25, 0.3) is 0 Å². The molecule has 1 aliphatic rings. The molecule has 0 aliphatic carbocycles. The lowest BCUT2D eigenvalue weighted by atomic mass is 10.0. The third-order valence-electron chi connectivity index (χ3n) is 4.30. The molecule has 5 nitrogen and oxygen atoms in total. The Bertz CT molecular complexity index is 707. The van der Waals surface area contributed by atoms with Crippen LogP contribution in [0.25, 0.3) is 0 Å². The molecule has 0 saturated carbocycles. The van der Waals surface area contributed by atoms with Crippen molar-refractivity contribution in [2.45, 2.75) is 32.1 Å². The molecule has 0 saturated heterocycles. The highest BCUT2D eigenvalue weighted by Crippen LogP contribution is 2.32. The van der Waals surface area contributed by atoms with Gasteiger partial charge in [-0.1, -0.05) is 36.7 Å². The monoisotopic (exact) mass is 377 g/mol. The second kappa shape index (κ2) is 9.24. The van der Waals surface area contributed by atoms with E-state index in [0.717, 1.165) is 34.1 Å². The van der Waals surface area contributed by atoms with Gasteiger partial charge in [0.2, 0.25) is 6.79 Å². The van der Waals surface area contributed by atoms with Crippen molar-refractivity contribution in [3.05, 3.63) is 58.6 Å². The normalized spacial score (nSPS) is 15.0. The van der Waals surface area contributed by atoms with E-state index in [1.54, 1.807) is 0 Å². The Hall–Kier alpha value is -1.79. The second-order valence-electron chi connectivity index (χ2n) is 6.28. The van der Waals surface area contributed by atoms with Crippen LogP contribution in [0.3, 0.4) is 0 Å². The van der Waals surface area contributed by atoms with Gasteiger partial charge in [0.15, 0.2) is 11.5 Å². The molecule has 0 spiro atoms. The number of aliphatic hydroxyl groups is 1. The minimum Gasteiger partial charge on any atom is -0.454 e. The lowest BCUT2D eigenvalue weighted by Gasteiger charge is -2.20. The lowest BCUT2D eigenvalue weighted by Crippen LogP contribution is -2.33. The van der Waals surface area contributed by atoms with E-state index in [2.05, 4.69) is 12.2 Å². The number of rotatable bonds is 9. The number of hydrogen-bond acceptors (Lipinski definition) is 5. The number of ether oxygens (including phenoxy) is 3. The number of aliphatic hydroxyl groups excluding tert-OH is 1. The molecular weight excluding hydrogens is 354 g/mol. The minimum atomic E-state index is -0.578.